The van der Waals surface area contributed by atoms with Gasteiger partial charge in [0.05, 0.1) is 12.6 Å². The van der Waals surface area contributed by atoms with Crippen LogP contribution in [0.15, 0.2) is 12.3 Å². The van der Waals surface area contributed by atoms with Crippen LogP contribution in [0.3, 0.4) is 0 Å². The normalized spacial score (nSPS) is 24.8. The van der Waals surface area contributed by atoms with Crippen LogP contribution in [-0.2, 0) is 28.8 Å². The van der Waals surface area contributed by atoms with Crippen LogP contribution in [0.2, 0.25) is 0 Å². The van der Waals surface area contributed by atoms with Crippen LogP contribution in [-0.4, -0.2) is 186 Å². The SMILES string of the molecule is C=C1C(CC)NC(=O)N(C)C(=O)N(C)C(=O)N(C)C(=O)C(CC(C)C)N(C)C(=O)NC(=O)C(C)NC(=O)C(CC(C)C)N(C)C(=O)C(C(C)C)NC(=O)C(CC(C)C)N(C)C(=O)CN1C. The van der Waals surface area contributed by atoms with Crippen molar-refractivity contribution in [1.29, 1.82) is 0 Å². The summed E-state index contributed by atoms with van der Waals surface area (Å²) in [5.41, 5.74) is 0.293. The van der Waals surface area contributed by atoms with Gasteiger partial charge in [-0.2, -0.15) is 0 Å². The molecule has 1 aliphatic rings. The summed E-state index contributed by atoms with van der Waals surface area (Å²) >= 11 is 0. The number of rotatable bonds is 8. The van der Waals surface area contributed by atoms with Crippen LogP contribution in [0.4, 0.5) is 19.2 Å². The molecule has 0 spiro atoms. The maximum atomic E-state index is 14.3. The molecule has 65 heavy (non-hydrogen) atoms. The number of nitrogens with zero attached hydrogens (tertiary/aromatic N) is 7. The molecule has 14 amide bonds. The smallest absolute Gasteiger partial charge is 0.335 e. The molecule has 1 heterocycles. The molecule has 368 valence electrons. The molecule has 21 heteroatoms. The molecule has 1 fully saturated rings. The Balaban J connectivity index is 3.88. The molecule has 0 aromatic carbocycles. The number of amides is 14. The van der Waals surface area contributed by atoms with E-state index in [2.05, 4.69) is 27.8 Å². The summed E-state index contributed by atoms with van der Waals surface area (Å²) in [6, 6.07) is -10.9. The van der Waals surface area contributed by atoms with Crippen LogP contribution < -0.4 is 21.3 Å². The van der Waals surface area contributed by atoms with Crippen molar-refractivity contribution >= 4 is 59.6 Å². The first-order valence-corrected chi connectivity index (χ1v) is 22.1. The lowest BCUT2D eigenvalue weighted by Gasteiger charge is -2.36. The Morgan fingerprint density at radius 3 is 1.49 bits per heavy atom. The Labute approximate surface area is 385 Å². The zero-order chi connectivity index (χ0) is 50.5. The molecule has 1 saturated heterocycles. The number of urea groups is 4. The highest BCUT2D eigenvalue weighted by Gasteiger charge is 2.40. The molecule has 1 aliphatic heterocycles. The van der Waals surface area contributed by atoms with Crippen molar-refractivity contribution in [3.05, 3.63) is 12.3 Å². The first-order chi connectivity index (χ1) is 29.9. The third-order valence-electron chi connectivity index (χ3n) is 11.4. The van der Waals surface area contributed by atoms with Gasteiger partial charge in [-0.1, -0.05) is 68.9 Å². The maximum Gasteiger partial charge on any atom is 0.335 e. The van der Waals surface area contributed by atoms with Crippen molar-refractivity contribution in [2.24, 2.45) is 23.7 Å². The zero-order valence-corrected chi connectivity index (χ0v) is 41.7. The van der Waals surface area contributed by atoms with E-state index in [1.165, 1.54) is 42.8 Å². The Morgan fingerprint density at radius 2 is 1.02 bits per heavy atom. The monoisotopic (exact) mass is 920 g/mol. The minimum absolute atomic E-state index is 0.0346. The maximum absolute atomic E-state index is 14.3. The fraction of sp³-hybridized carbons (Fsp3) is 0.727. The van der Waals surface area contributed by atoms with Gasteiger partial charge >= 0.3 is 24.1 Å². The van der Waals surface area contributed by atoms with Crippen LogP contribution in [0.25, 0.3) is 0 Å². The molecule has 4 N–H and O–H groups in total. The van der Waals surface area contributed by atoms with Gasteiger partial charge in [0.1, 0.15) is 30.2 Å². The first kappa shape index (κ1) is 57.3. The fourth-order valence-corrected chi connectivity index (χ4v) is 7.06. The largest absolute Gasteiger partial charge is 0.367 e. The highest BCUT2D eigenvalue weighted by molar-refractivity contribution is 6.07. The molecule has 1 rings (SSSR count). The zero-order valence-electron chi connectivity index (χ0n) is 41.7. The molecule has 0 radical (unpaired) electrons. The van der Waals surface area contributed by atoms with E-state index in [9.17, 15) is 47.9 Å². The number of likely N-dealkylation sites (N-methyl/N-ethyl adjacent to an activating group) is 5. The molecule has 6 atom stereocenters. The third kappa shape index (κ3) is 15.7. The Bertz CT molecular complexity index is 1790. The summed E-state index contributed by atoms with van der Waals surface area (Å²) in [5, 5.41) is 10.3. The van der Waals surface area contributed by atoms with Gasteiger partial charge in [0.2, 0.25) is 29.5 Å². The number of imide groups is 4. The van der Waals surface area contributed by atoms with Crippen molar-refractivity contribution in [3.63, 3.8) is 0 Å². The summed E-state index contributed by atoms with van der Waals surface area (Å²) in [6.07, 6.45) is 0.705. The van der Waals surface area contributed by atoms with Gasteiger partial charge < -0.3 is 35.6 Å². The lowest BCUT2D eigenvalue weighted by Crippen LogP contribution is -2.60. The van der Waals surface area contributed by atoms with E-state index in [0.717, 1.165) is 26.0 Å². The highest BCUT2D eigenvalue weighted by atomic mass is 16.2. The molecule has 6 unspecified atom stereocenters. The van der Waals surface area contributed by atoms with E-state index in [-0.39, 0.29) is 50.0 Å². The van der Waals surface area contributed by atoms with E-state index >= 15 is 0 Å². The second kappa shape index (κ2) is 25.1. The number of carbonyl (C=O) groups excluding carboxylic acids is 10. The summed E-state index contributed by atoms with van der Waals surface area (Å²) in [5.74, 6) is -5.05. The number of nitrogens with one attached hydrogen (secondary N) is 4. The Hall–Kier alpha value is -5.76. The molecule has 0 aromatic rings. The van der Waals surface area contributed by atoms with Crippen molar-refractivity contribution in [2.75, 3.05) is 55.9 Å². The van der Waals surface area contributed by atoms with E-state index < -0.39 is 102 Å². The summed E-state index contributed by atoms with van der Waals surface area (Å²) < 4.78 is 0. The molecule has 0 saturated carbocycles. The van der Waals surface area contributed by atoms with Crippen LogP contribution >= 0.6 is 0 Å². The van der Waals surface area contributed by atoms with E-state index in [4.69, 9.17) is 0 Å². The molecular weight excluding hydrogens is 843 g/mol. The van der Waals surface area contributed by atoms with Crippen molar-refractivity contribution < 1.29 is 47.9 Å². The molecule has 0 aromatic heterocycles. The first-order valence-electron chi connectivity index (χ1n) is 22.1. The van der Waals surface area contributed by atoms with Crippen LogP contribution in [0.1, 0.15) is 94.9 Å². The second-order valence-electron chi connectivity index (χ2n) is 18.6. The van der Waals surface area contributed by atoms with E-state index in [0.29, 0.717) is 20.4 Å². The standard InChI is InChI=1S/C44H77N11O10/c1-19-30-29(11)49(12)23-34(56)50(13)31(20-24(2)3)38(59)47-35(27(8)9)40(61)51(14)32(21-25(4)5)37(58)45-28(10)36(57)48-42(63)52(15)33(22-26(6)7)39(60)53(16)43(64)55(18)44(65)54(17)41(62)46-30/h24-28,30-33,35H,11,19-23H2,1-10,12-18H3,(H,45,58)(H,46,62)(H,47,59)(H,48,57,63). The topological polar surface area (TPSA) is 242 Å². The quantitative estimate of drug-likeness (QED) is 0.276. The van der Waals surface area contributed by atoms with Gasteiger partial charge in [-0.15, -0.1) is 0 Å². The van der Waals surface area contributed by atoms with Crippen molar-refractivity contribution in [3.8, 4) is 0 Å². The predicted molar refractivity (Wildman–Crippen MR) is 244 cm³/mol. The van der Waals surface area contributed by atoms with E-state index in [1.54, 1.807) is 41.7 Å². The number of carbonyl (C=O) groups is 10. The lowest BCUT2D eigenvalue weighted by molar-refractivity contribution is -0.145. The molecular formula is C44H77N11O10. The average Bonchev–Trinajstić information content (AvgIpc) is 3.23. The van der Waals surface area contributed by atoms with Crippen molar-refractivity contribution in [1.82, 2.24) is 55.6 Å². The predicted octanol–water partition coefficient (Wildman–Crippen LogP) is 2.47. The van der Waals surface area contributed by atoms with Gasteiger partial charge in [-0.25, -0.2) is 29.0 Å². The minimum Gasteiger partial charge on any atom is -0.367 e. The number of hydrogen-bond donors (Lipinski definition) is 4. The highest BCUT2D eigenvalue weighted by Crippen LogP contribution is 2.19. The number of hydrogen-bond acceptors (Lipinski definition) is 11. The van der Waals surface area contributed by atoms with E-state index in [1.807, 2.05) is 27.7 Å². The fourth-order valence-electron chi connectivity index (χ4n) is 7.06. The van der Waals surface area contributed by atoms with Crippen LogP contribution in [0.5, 0.6) is 0 Å². The minimum atomic E-state index is -1.32. The Morgan fingerprint density at radius 1 is 0.554 bits per heavy atom. The molecule has 0 bridgehead atoms. The Kier molecular flexibility index (Phi) is 22.1. The lowest BCUT2D eigenvalue weighted by atomic mass is 9.97. The average molecular weight is 920 g/mol. The van der Waals surface area contributed by atoms with Gasteiger partial charge in [-0.3, -0.25) is 39.0 Å². The van der Waals surface area contributed by atoms with Crippen molar-refractivity contribution in [2.45, 2.75) is 131 Å². The summed E-state index contributed by atoms with van der Waals surface area (Å²) in [7, 11) is 9.04. The summed E-state index contributed by atoms with van der Waals surface area (Å²) in [4.78, 5) is 144. The van der Waals surface area contributed by atoms with Gasteiger partial charge in [0.25, 0.3) is 5.91 Å². The van der Waals surface area contributed by atoms with Gasteiger partial charge in [-0.05, 0) is 56.3 Å². The third-order valence-corrected chi connectivity index (χ3v) is 11.4. The van der Waals surface area contributed by atoms with Crippen LogP contribution in [0, 0.1) is 23.7 Å². The molecule has 0 aliphatic carbocycles. The second-order valence-corrected chi connectivity index (χ2v) is 18.6. The summed E-state index contributed by atoms with van der Waals surface area (Å²) in [6.45, 7) is 21.4. The van der Waals surface area contributed by atoms with Gasteiger partial charge in [0, 0.05) is 55.0 Å². The molecule has 21 nitrogen and oxygen atoms in total. The van der Waals surface area contributed by atoms with Gasteiger partial charge in [0.15, 0.2) is 0 Å².